The van der Waals surface area contributed by atoms with Crippen molar-refractivity contribution in [2.45, 2.75) is 37.5 Å². The molecule has 9 nitrogen and oxygen atoms in total. The molecule has 2 aliphatic rings. The van der Waals surface area contributed by atoms with E-state index in [1.54, 1.807) is 24.3 Å². The summed E-state index contributed by atoms with van der Waals surface area (Å²) >= 11 is 0. The topological polar surface area (TPSA) is 134 Å². The number of ether oxygens (including phenoxy) is 2. The van der Waals surface area contributed by atoms with Crippen LogP contribution >= 0.6 is 7.82 Å². The Morgan fingerprint density at radius 2 is 1.74 bits per heavy atom. The predicted molar refractivity (Wildman–Crippen MR) is 94.6 cm³/mol. The number of piperidine rings is 1. The van der Waals surface area contributed by atoms with Crippen LogP contribution < -0.4 is 0 Å². The molecule has 2 fully saturated rings. The number of hydrogen-bond acceptors (Lipinski definition) is 6. The quantitative estimate of drug-likeness (QED) is 0.500. The van der Waals surface area contributed by atoms with Crippen molar-refractivity contribution in [1.29, 1.82) is 0 Å². The van der Waals surface area contributed by atoms with E-state index in [1.165, 1.54) is 7.11 Å². The van der Waals surface area contributed by atoms with Crippen LogP contribution in [0.4, 0.5) is 0 Å². The molecule has 2 unspecified atom stereocenters. The van der Waals surface area contributed by atoms with Gasteiger partial charge in [-0.25, -0.2) is 9.36 Å². The van der Waals surface area contributed by atoms with Crippen LogP contribution in [0, 0.1) is 5.92 Å². The lowest BCUT2D eigenvalue weighted by Crippen LogP contribution is -2.53. The number of nitrogens with zero attached hydrogens (tertiary/aromatic N) is 1. The zero-order valence-corrected chi connectivity index (χ0v) is 16.0. The third-order valence-electron chi connectivity index (χ3n) is 4.96. The highest BCUT2D eigenvalue weighted by Crippen LogP contribution is 2.40. The molecule has 10 heteroatoms. The molecule has 2 saturated heterocycles. The smallest absolute Gasteiger partial charge is 0.466 e. The van der Waals surface area contributed by atoms with Gasteiger partial charge >= 0.3 is 19.8 Å². The van der Waals surface area contributed by atoms with Crippen molar-refractivity contribution in [2.75, 3.05) is 14.2 Å². The third-order valence-corrected chi connectivity index (χ3v) is 4.96. The van der Waals surface area contributed by atoms with E-state index in [1.807, 2.05) is 13.1 Å². The molecule has 2 bridgehead atoms. The molecule has 3 N–H and O–H groups in total. The molecule has 4 atom stereocenters. The normalized spacial score (nSPS) is 27.3. The second-order valence-electron chi connectivity index (χ2n) is 6.57. The van der Waals surface area contributed by atoms with E-state index in [0.717, 1.165) is 12.8 Å². The number of rotatable bonds is 3. The Kier molecular flexibility index (Phi) is 7.13. The minimum Gasteiger partial charge on any atom is -0.469 e. The van der Waals surface area contributed by atoms with Crippen molar-refractivity contribution >= 4 is 19.8 Å². The lowest BCUT2D eigenvalue weighted by molar-refractivity contribution is -0.156. The number of hydrogen-bond donors (Lipinski definition) is 3. The number of benzene rings is 1. The summed E-state index contributed by atoms with van der Waals surface area (Å²) in [5.41, 5.74) is 0.511. The van der Waals surface area contributed by atoms with Gasteiger partial charge in [0, 0.05) is 18.5 Å². The van der Waals surface area contributed by atoms with Gasteiger partial charge in [0.05, 0.1) is 12.7 Å². The van der Waals surface area contributed by atoms with E-state index >= 15 is 0 Å². The first-order chi connectivity index (χ1) is 12.6. The van der Waals surface area contributed by atoms with E-state index in [0.29, 0.717) is 18.0 Å². The molecular weight excluding hydrogens is 377 g/mol. The molecule has 0 amide bonds. The average molecular weight is 401 g/mol. The van der Waals surface area contributed by atoms with Gasteiger partial charge in [-0.2, -0.15) is 0 Å². The number of fused-ring (bicyclic) bond motifs is 2. The summed E-state index contributed by atoms with van der Waals surface area (Å²) in [5, 5.41) is 0. The summed E-state index contributed by atoms with van der Waals surface area (Å²) in [6.07, 6.45) is 2.26. The number of methoxy groups -OCH3 is 1. The van der Waals surface area contributed by atoms with E-state index < -0.39 is 19.8 Å². The molecule has 150 valence electrons. The highest BCUT2D eigenvalue weighted by Gasteiger charge is 2.50. The molecule has 2 aliphatic heterocycles. The zero-order chi connectivity index (χ0) is 20.2. The molecule has 0 aliphatic carbocycles. The molecule has 0 spiro atoms. The number of phosphoric acid groups is 1. The summed E-state index contributed by atoms with van der Waals surface area (Å²) in [4.78, 5) is 48.3. The van der Waals surface area contributed by atoms with Crippen molar-refractivity contribution in [1.82, 2.24) is 4.90 Å². The van der Waals surface area contributed by atoms with Crippen LogP contribution in [0.3, 0.4) is 0 Å². The summed E-state index contributed by atoms with van der Waals surface area (Å²) in [7, 11) is -1.22. The van der Waals surface area contributed by atoms with Crippen LogP contribution in [0.1, 0.15) is 29.6 Å². The van der Waals surface area contributed by atoms with Crippen molar-refractivity contribution in [3.63, 3.8) is 0 Å². The first-order valence-electron chi connectivity index (χ1n) is 8.46. The Hall–Kier alpha value is -1.77. The maximum absolute atomic E-state index is 12.3. The summed E-state index contributed by atoms with van der Waals surface area (Å²) in [5.74, 6) is -1.06. The van der Waals surface area contributed by atoms with Gasteiger partial charge in [-0.05, 0) is 32.0 Å². The van der Waals surface area contributed by atoms with Gasteiger partial charge in [-0.1, -0.05) is 18.2 Å². The maximum atomic E-state index is 12.3. The SMILES string of the molecule is COC(=O)[C@@H]1C2CCC(C[C@@H]1OC(=O)c1ccccc1)N2C.O=P(O)(O)O. The highest BCUT2D eigenvalue weighted by molar-refractivity contribution is 7.45. The van der Waals surface area contributed by atoms with Crippen molar-refractivity contribution in [3.05, 3.63) is 35.9 Å². The predicted octanol–water partition coefficient (Wildman–Crippen LogP) is 0.939. The van der Waals surface area contributed by atoms with Crippen molar-refractivity contribution in [2.24, 2.45) is 5.92 Å². The van der Waals surface area contributed by atoms with Crippen LogP contribution in [0.5, 0.6) is 0 Å². The second-order valence-corrected chi connectivity index (χ2v) is 7.60. The van der Waals surface area contributed by atoms with Gasteiger partial charge < -0.3 is 24.2 Å². The van der Waals surface area contributed by atoms with E-state index in [-0.39, 0.29) is 18.0 Å². The maximum Gasteiger partial charge on any atom is 0.466 e. The summed E-state index contributed by atoms with van der Waals surface area (Å²) in [6, 6.07) is 9.36. The minimum atomic E-state index is -4.64. The molecular formula is C17H24NO8P. The highest BCUT2D eigenvalue weighted by atomic mass is 31.2. The Labute approximate surface area is 157 Å². The molecule has 2 heterocycles. The third kappa shape index (κ3) is 5.85. The number of carbonyl (C=O) groups is 2. The van der Waals surface area contributed by atoms with Crippen LogP contribution in [0.2, 0.25) is 0 Å². The first kappa shape index (κ1) is 21.5. The van der Waals surface area contributed by atoms with Crippen molar-refractivity contribution in [3.8, 4) is 0 Å². The van der Waals surface area contributed by atoms with Gasteiger partial charge in [0.15, 0.2) is 0 Å². The van der Waals surface area contributed by atoms with E-state index in [9.17, 15) is 9.59 Å². The van der Waals surface area contributed by atoms with Crippen LogP contribution in [-0.4, -0.2) is 63.9 Å². The van der Waals surface area contributed by atoms with Gasteiger partial charge in [0.1, 0.15) is 12.0 Å². The summed E-state index contributed by atoms with van der Waals surface area (Å²) < 4.78 is 19.5. The van der Waals surface area contributed by atoms with Crippen LogP contribution in [0.25, 0.3) is 0 Å². The molecule has 1 aromatic carbocycles. The van der Waals surface area contributed by atoms with Gasteiger partial charge in [-0.15, -0.1) is 0 Å². The van der Waals surface area contributed by atoms with Crippen LogP contribution in [-0.2, 0) is 18.8 Å². The zero-order valence-electron chi connectivity index (χ0n) is 15.1. The van der Waals surface area contributed by atoms with Crippen LogP contribution in [0.15, 0.2) is 30.3 Å². The van der Waals surface area contributed by atoms with Gasteiger partial charge in [0.25, 0.3) is 0 Å². The first-order valence-corrected chi connectivity index (χ1v) is 10.0. The summed E-state index contributed by atoms with van der Waals surface area (Å²) in [6.45, 7) is 0. The largest absolute Gasteiger partial charge is 0.469 e. The standard InChI is InChI=1S/C17H21NO4.H3O4P/c1-18-12-8-9-13(18)15(17(20)21-2)14(10-12)22-16(19)11-6-4-3-5-7-11;1-5(2,3)4/h3-7,12-15H,8-10H2,1-2H3;(H3,1,2,3,4)/t12?,13?,14-,15+;/m0./s1. The molecule has 3 rings (SSSR count). The van der Waals surface area contributed by atoms with Gasteiger partial charge in [-0.3, -0.25) is 9.69 Å². The Morgan fingerprint density at radius 3 is 2.30 bits per heavy atom. The fourth-order valence-electron chi connectivity index (χ4n) is 3.77. The van der Waals surface area contributed by atoms with Crippen molar-refractivity contribution < 1.29 is 38.3 Å². The molecule has 1 aromatic rings. The second kappa shape index (κ2) is 8.95. The minimum absolute atomic E-state index is 0.0970. The fraction of sp³-hybridized carbons (Fsp3) is 0.529. The number of esters is 2. The Balaban J connectivity index is 0.000000465. The average Bonchev–Trinajstić information content (AvgIpc) is 2.84. The monoisotopic (exact) mass is 401 g/mol. The lowest BCUT2D eigenvalue weighted by atomic mass is 9.87. The molecule has 0 saturated carbocycles. The number of carbonyl (C=O) groups excluding carboxylic acids is 2. The Bertz CT molecular complexity index is 698. The van der Waals surface area contributed by atoms with E-state index in [4.69, 9.17) is 28.7 Å². The lowest BCUT2D eigenvalue weighted by Gasteiger charge is -2.40. The molecule has 0 radical (unpaired) electrons. The van der Waals surface area contributed by atoms with Gasteiger partial charge in [0.2, 0.25) is 0 Å². The fourth-order valence-corrected chi connectivity index (χ4v) is 3.77. The Morgan fingerprint density at radius 1 is 1.15 bits per heavy atom. The molecule has 27 heavy (non-hydrogen) atoms. The molecule has 0 aromatic heterocycles. The van der Waals surface area contributed by atoms with E-state index in [2.05, 4.69) is 4.90 Å².